The summed E-state index contributed by atoms with van der Waals surface area (Å²) in [5.74, 6) is 0.731. The predicted molar refractivity (Wildman–Crippen MR) is 126 cm³/mol. The van der Waals surface area contributed by atoms with Crippen molar-refractivity contribution in [2.24, 2.45) is 12.1 Å². The maximum atomic E-state index is 12.6. The number of anilines is 1. The number of aliphatic hydroxyl groups excluding tert-OH is 1. The van der Waals surface area contributed by atoms with Crippen LogP contribution in [-0.4, -0.2) is 43.1 Å². The van der Waals surface area contributed by atoms with Crippen LogP contribution in [0.3, 0.4) is 0 Å². The molecule has 1 unspecified atom stereocenters. The van der Waals surface area contributed by atoms with Gasteiger partial charge in [0.15, 0.2) is 11.2 Å². The van der Waals surface area contributed by atoms with E-state index in [0.717, 1.165) is 5.56 Å². The average Bonchev–Trinajstić information content (AvgIpc) is 3.16. The molecular formula is C22H21ClN6O4. The molecule has 1 atom stereocenters. The van der Waals surface area contributed by atoms with Crippen molar-refractivity contribution in [3.63, 3.8) is 0 Å². The molecule has 0 radical (unpaired) electrons. The molecule has 0 spiro atoms. The van der Waals surface area contributed by atoms with Crippen LogP contribution >= 0.6 is 11.6 Å². The lowest BCUT2D eigenvalue weighted by Gasteiger charge is -2.15. The number of aryl methyl sites for hydroxylation is 1. The molecule has 0 aliphatic rings. The Hall–Kier alpha value is -3.89. The zero-order valence-corrected chi connectivity index (χ0v) is 18.4. The van der Waals surface area contributed by atoms with Crippen molar-refractivity contribution in [2.45, 2.75) is 12.6 Å². The third-order valence-electron chi connectivity index (χ3n) is 4.83. The first kappa shape index (κ1) is 22.3. The Morgan fingerprint density at radius 2 is 1.94 bits per heavy atom. The van der Waals surface area contributed by atoms with E-state index in [0.29, 0.717) is 10.8 Å². The summed E-state index contributed by atoms with van der Waals surface area (Å²) in [7, 11) is 1.50. The second kappa shape index (κ2) is 9.72. The number of halogens is 1. The number of imidazole rings is 1. The zero-order valence-electron chi connectivity index (χ0n) is 17.6. The Balaban J connectivity index is 1.61. The van der Waals surface area contributed by atoms with E-state index in [9.17, 15) is 14.7 Å². The molecule has 2 aromatic heterocycles. The number of ether oxygens (including phenoxy) is 1. The Labute approximate surface area is 192 Å². The van der Waals surface area contributed by atoms with Crippen LogP contribution in [0.15, 0.2) is 69.3 Å². The van der Waals surface area contributed by atoms with Crippen molar-refractivity contribution in [3.05, 3.63) is 86.0 Å². The zero-order chi connectivity index (χ0) is 23.4. The number of aliphatic hydroxyl groups is 1. The molecule has 2 heterocycles. The summed E-state index contributed by atoms with van der Waals surface area (Å²) < 4.78 is 8.28. The fourth-order valence-electron chi connectivity index (χ4n) is 3.19. The third-order valence-corrected chi connectivity index (χ3v) is 5.09. The number of nitrogens with one attached hydrogen (secondary N) is 2. The molecule has 0 saturated carbocycles. The van der Waals surface area contributed by atoms with Gasteiger partial charge in [0, 0.05) is 12.1 Å². The Morgan fingerprint density at radius 1 is 1.21 bits per heavy atom. The molecule has 0 aliphatic heterocycles. The fraction of sp³-hybridized carbons (Fsp3) is 0.182. The molecule has 0 saturated heterocycles. The van der Waals surface area contributed by atoms with Crippen molar-refractivity contribution in [1.29, 1.82) is 0 Å². The summed E-state index contributed by atoms with van der Waals surface area (Å²) in [6.45, 7) is -0.0771. The first-order valence-corrected chi connectivity index (χ1v) is 10.4. The van der Waals surface area contributed by atoms with Crippen LogP contribution in [-0.2, 0) is 13.6 Å². The second-order valence-electron chi connectivity index (χ2n) is 7.24. The standard InChI is InChI=1S/C22H21ClN6O4/c1-28-19-18(20(31)26-22(28)32)29(12-16(30)13-33-17-9-7-15(23)8-10-17)21(25-19)27-24-11-14-5-3-2-4-6-14/h2-11,16,30H,12-13H2,1H3,(H,25,27)(H,26,31,32)/b24-11-. The molecule has 170 valence electrons. The van der Waals surface area contributed by atoms with Crippen molar-refractivity contribution in [1.82, 2.24) is 19.1 Å². The van der Waals surface area contributed by atoms with Crippen molar-refractivity contribution < 1.29 is 9.84 Å². The highest BCUT2D eigenvalue weighted by Gasteiger charge is 2.20. The summed E-state index contributed by atoms with van der Waals surface area (Å²) in [6, 6.07) is 16.1. The first-order valence-electron chi connectivity index (χ1n) is 10.0. The molecule has 33 heavy (non-hydrogen) atoms. The number of fused-ring (bicyclic) bond motifs is 1. The van der Waals surface area contributed by atoms with E-state index < -0.39 is 17.4 Å². The van der Waals surface area contributed by atoms with Gasteiger partial charge >= 0.3 is 5.69 Å². The molecule has 0 amide bonds. The number of hydrogen-bond donors (Lipinski definition) is 3. The SMILES string of the molecule is Cn1c(=O)[nH]c(=O)c2c1nc(N/N=C\c1ccccc1)n2CC(O)COc1ccc(Cl)cc1. The van der Waals surface area contributed by atoms with E-state index in [-0.39, 0.29) is 30.3 Å². The summed E-state index contributed by atoms with van der Waals surface area (Å²) >= 11 is 5.87. The van der Waals surface area contributed by atoms with Gasteiger partial charge in [-0.3, -0.25) is 14.3 Å². The Bertz CT molecular complexity index is 1390. The number of aromatic amines is 1. The van der Waals surface area contributed by atoms with Crippen LogP contribution in [0.2, 0.25) is 5.02 Å². The molecule has 0 bridgehead atoms. The van der Waals surface area contributed by atoms with E-state index >= 15 is 0 Å². The number of aromatic nitrogens is 4. The van der Waals surface area contributed by atoms with Gasteiger partial charge in [0.2, 0.25) is 5.95 Å². The minimum Gasteiger partial charge on any atom is -0.491 e. The third kappa shape index (κ3) is 5.13. The highest BCUT2D eigenvalue weighted by molar-refractivity contribution is 6.30. The van der Waals surface area contributed by atoms with E-state index in [1.807, 2.05) is 30.3 Å². The average molecular weight is 469 g/mol. The van der Waals surface area contributed by atoms with Crippen molar-refractivity contribution in [3.8, 4) is 5.75 Å². The lowest BCUT2D eigenvalue weighted by Crippen LogP contribution is -2.30. The molecule has 3 N–H and O–H groups in total. The van der Waals surface area contributed by atoms with Crippen LogP contribution in [0.5, 0.6) is 5.75 Å². The first-order chi connectivity index (χ1) is 15.9. The van der Waals surface area contributed by atoms with Gasteiger partial charge in [0.25, 0.3) is 5.56 Å². The minimum atomic E-state index is -0.992. The van der Waals surface area contributed by atoms with Gasteiger partial charge in [-0.2, -0.15) is 10.1 Å². The lowest BCUT2D eigenvalue weighted by molar-refractivity contribution is 0.0938. The van der Waals surface area contributed by atoms with Gasteiger partial charge in [0.1, 0.15) is 18.5 Å². The molecule has 0 fully saturated rings. The number of hydrogen-bond acceptors (Lipinski definition) is 7. The van der Waals surface area contributed by atoms with E-state index in [1.54, 1.807) is 30.5 Å². The second-order valence-corrected chi connectivity index (χ2v) is 7.67. The largest absolute Gasteiger partial charge is 0.491 e. The summed E-state index contributed by atoms with van der Waals surface area (Å²) in [5, 5.41) is 15.3. The molecule has 4 aromatic rings. The van der Waals surface area contributed by atoms with Crippen LogP contribution in [0.1, 0.15) is 5.56 Å². The maximum Gasteiger partial charge on any atom is 0.329 e. The lowest BCUT2D eigenvalue weighted by atomic mass is 10.2. The number of rotatable bonds is 8. The Kier molecular flexibility index (Phi) is 6.57. The number of benzene rings is 2. The molecule has 11 heteroatoms. The smallest absolute Gasteiger partial charge is 0.329 e. The topological polar surface area (TPSA) is 127 Å². The van der Waals surface area contributed by atoms with Gasteiger partial charge in [-0.05, 0) is 29.8 Å². The maximum absolute atomic E-state index is 12.6. The van der Waals surface area contributed by atoms with Gasteiger partial charge in [0.05, 0.1) is 12.8 Å². The van der Waals surface area contributed by atoms with Crippen LogP contribution in [0, 0.1) is 0 Å². The Morgan fingerprint density at radius 3 is 2.67 bits per heavy atom. The fourth-order valence-corrected chi connectivity index (χ4v) is 3.31. The molecule has 10 nitrogen and oxygen atoms in total. The van der Waals surface area contributed by atoms with E-state index in [1.165, 1.54) is 16.2 Å². The van der Waals surface area contributed by atoms with E-state index in [2.05, 4.69) is 20.5 Å². The monoisotopic (exact) mass is 468 g/mol. The van der Waals surface area contributed by atoms with Gasteiger partial charge in [-0.1, -0.05) is 41.9 Å². The van der Waals surface area contributed by atoms with E-state index in [4.69, 9.17) is 16.3 Å². The number of H-pyrrole nitrogens is 1. The van der Waals surface area contributed by atoms with Crippen LogP contribution in [0.4, 0.5) is 5.95 Å². The molecule has 2 aromatic carbocycles. The molecule has 4 rings (SSSR count). The predicted octanol–water partition coefficient (Wildman–Crippen LogP) is 1.96. The number of nitrogens with zero attached hydrogens (tertiary/aromatic N) is 4. The highest BCUT2D eigenvalue weighted by atomic mass is 35.5. The van der Waals surface area contributed by atoms with Gasteiger partial charge < -0.3 is 14.4 Å². The summed E-state index contributed by atoms with van der Waals surface area (Å²) in [5.41, 5.74) is 2.72. The highest BCUT2D eigenvalue weighted by Crippen LogP contribution is 2.18. The summed E-state index contributed by atoms with van der Waals surface area (Å²) in [4.78, 5) is 31.2. The van der Waals surface area contributed by atoms with Crippen molar-refractivity contribution >= 4 is 34.9 Å². The van der Waals surface area contributed by atoms with Crippen molar-refractivity contribution in [2.75, 3.05) is 12.0 Å². The molecular weight excluding hydrogens is 448 g/mol. The summed E-state index contributed by atoms with van der Waals surface area (Å²) in [6.07, 6.45) is 0.598. The molecule has 0 aliphatic carbocycles. The quantitative estimate of drug-likeness (QED) is 0.268. The van der Waals surface area contributed by atoms with Gasteiger partial charge in [-0.15, -0.1) is 0 Å². The normalized spacial score (nSPS) is 12.3. The van der Waals surface area contributed by atoms with Gasteiger partial charge in [-0.25, -0.2) is 10.2 Å². The minimum absolute atomic E-state index is 0.0332. The van der Waals surface area contributed by atoms with Crippen LogP contribution in [0.25, 0.3) is 11.2 Å². The number of hydrazone groups is 1. The van der Waals surface area contributed by atoms with Crippen LogP contribution < -0.4 is 21.4 Å².